The molecule has 61 valence electrons. The van der Waals surface area contributed by atoms with Gasteiger partial charge in [0.25, 0.3) is 0 Å². The van der Waals surface area contributed by atoms with Crippen molar-refractivity contribution in [2.45, 2.75) is 12.2 Å². The molecule has 1 saturated heterocycles. The van der Waals surface area contributed by atoms with Crippen LogP contribution < -0.4 is 0 Å². The molecule has 1 heterocycles. The molecule has 0 bridgehead atoms. The third-order valence-electron chi connectivity index (χ3n) is 1.06. The SMILES string of the molecule is O=C(O)C(O)C1[O][Sb][O]C1=O. The van der Waals surface area contributed by atoms with Gasteiger partial charge in [0.2, 0.25) is 0 Å². The van der Waals surface area contributed by atoms with Crippen molar-refractivity contribution in [3.05, 3.63) is 0 Å². The number of rotatable bonds is 2. The molecule has 11 heavy (non-hydrogen) atoms. The fourth-order valence-corrected chi connectivity index (χ4v) is 1.98. The zero-order valence-corrected chi connectivity index (χ0v) is 7.68. The van der Waals surface area contributed by atoms with E-state index in [0.717, 1.165) is 0 Å². The molecule has 1 rings (SSSR count). The third kappa shape index (κ3) is 1.83. The molecule has 0 saturated carbocycles. The van der Waals surface area contributed by atoms with Gasteiger partial charge in [0.05, 0.1) is 0 Å². The second kappa shape index (κ2) is 3.38. The van der Waals surface area contributed by atoms with Crippen molar-refractivity contribution < 1.29 is 25.8 Å². The summed E-state index contributed by atoms with van der Waals surface area (Å²) in [5, 5.41) is 17.0. The van der Waals surface area contributed by atoms with Gasteiger partial charge in [-0.1, -0.05) is 0 Å². The predicted molar refractivity (Wildman–Crippen MR) is 30.4 cm³/mol. The Morgan fingerprint density at radius 1 is 1.73 bits per heavy atom. The van der Waals surface area contributed by atoms with Crippen LogP contribution in [0.3, 0.4) is 0 Å². The van der Waals surface area contributed by atoms with Crippen molar-refractivity contribution in [1.29, 1.82) is 0 Å². The van der Waals surface area contributed by atoms with Gasteiger partial charge in [-0.05, 0) is 0 Å². The molecule has 1 radical (unpaired) electrons. The van der Waals surface area contributed by atoms with E-state index in [2.05, 4.69) is 6.03 Å². The summed E-state index contributed by atoms with van der Waals surface area (Å²) < 4.78 is 9.04. The topological polar surface area (TPSA) is 93.1 Å². The summed E-state index contributed by atoms with van der Waals surface area (Å²) in [4.78, 5) is 20.7. The Labute approximate surface area is 72.8 Å². The van der Waals surface area contributed by atoms with E-state index in [0.29, 0.717) is 0 Å². The number of aliphatic hydroxyl groups excluding tert-OH is 1. The van der Waals surface area contributed by atoms with Crippen molar-refractivity contribution in [3.8, 4) is 0 Å². The van der Waals surface area contributed by atoms with Crippen LogP contribution in [0.1, 0.15) is 0 Å². The molecule has 0 amide bonds. The number of aliphatic hydroxyl groups is 1. The second-order valence-electron chi connectivity index (χ2n) is 1.79. The molecule has 0 spiro atoms. The van der Waals surface area contributed by atoms with Gasteiger partial charge in [0.1, 0.15) is 0 Å². The number of hydrogen-bond acceptors (Lipinski definition) is 5. The Hall–Kier alpha value is -0.322. The first-order chi connectivity index (χ1) is 5.13. The van der Waals surface area contributed by atoms with Gasteiger partial charge < -0.3 is 0 Å². The van der Waals surface area contributed by atoms with Crippen LogP contribution in [0.2, 0.25) is 0 Å². The van der Waals surface area contributed by atoms with Crippen LogP contribution in [-0.2, 0) is 15.6 Å². The van der Waals surface area contributed by atoms with E-state index in [-0.39, 0.29) is 0 Å². The number of carboxylic acid groups (broad SMARTS) is 1. The Bertz CT molecular complexity index is 191. The summed E-state index contributed by atoms with van der Waals surface area (Å²) in [5.41, 5.74) is 0. The molecule has 1 fully saturated rings. The van der Waals surface area contributed by atoms with E-state index < -0.39 is 46.6 Å². The first kappa shape index (κ1) is 8.77. The van der Waals surface area contributed by atoms with Crippen LogP contribution in [0.4, 0.5) is 0 Å². The standard InChI is InChI=1S/C4H5O6.Sb/c5-1(3(7)8)2(6)4(9)10;/h1-2,5H,(H,7,8)(H,9,10);/q-1;+2/p-1. The average Bonchev–Trinajstić information content (AvgIpc) is 2.33. The zero-order chi connectivity index (χ0) is 8.43. The molecule has 2 N–H and O–H groups in total. The third-order valence-corrected chi connectivity index (χ3v) is 2.68. The van der Waals surface area contributed by atoms with Crippen LogP contribution in [-0.4, -0.2) is 56.8 Å². The summed E-state index contributed by atoms with van der Waals surface area (Å²) in [6.07, 6.45) is -3.12. The number of carbonyl (C=O) groups excluding carboxylic acids is 1. The van der Waals surface area contributed by atoms with Crippen molar-refractivity contribution >= 4 is 34.4 Å². The van der Waals surface area contributed by atoms with E-state index in [4.69, 9.17) is 10.2 Å². The fraction of sp³-hybridized carbons (Fsp3) is 0.500. The van der Waals surface area contributed by atoms with Crippen LogP contribution in [0.25, 0.3) is 0 Å². The maximum atomic E-state index is 10.6. The number of hydrogen-bond donors (Lipinski definition) is 2. The maximum absolute atomic E-state index is 10.6. The van der Waals surface area contributed by atoms with Gasteiger partial charge in [-0.15, -0.1) is 0 Å². The Kier molecular flexibility index (Phi) is 2.70. The van der Waals surface area contributed by atoms with Gasteiger partial charge in [-0.3, -0.25) is 0 Å². The number of carboxylic acids is 1. The summed E-state index contributed by atoms with van der Waals surface area (Å²) in [6.45, 7) is 0. The summed E-state index contributed by atoms with van der Waals surface area (Å²) in [7, 11) is 0. The van der Waals surface area contributed by atoms with Crippen LogP contribution in [0.15, 0.2) is 0 Å². The first-order valence-electron chi connectivity index (χ1n) is 2.61. The second-order valence-corrected chi connectivity index (χ2v) is 3.34. The quantitative estimate of drug-likeness (QED) is 0.559. The van der Waals surface area contributed by atoms with Gasteiger partial charge >= 0.3 is 72.4 Å². The fourth-order valence-electron chi connectivity index (χ4n) is 0.516. The molecule has 0 aromatic heterocycles. The molecule has 7 heteroatoms. The van der Waals surface area contributed by atoms with Crippen molar-refractivity contribution in [2.75, 3.05) is 0 Å². The van der Waals surface area contributed by atoms with Crippen molar-refractivity contribution in [1.82, 2.24) is 0 Å². The molecule has 0 aromatic carbocycles. The number of aliphatic carboxylic acids is 1. The molecule has 6 nitrogen and oxygen atoms in total. The molecule has 1 aliphatic heterocycles. The molecule has 2 unspecified atom stereocenters. The summed E-state index contributed by atoms with van der Waals surface area (Å²) >= 11 is -1.49. The minimum atomic E-state index is -1.81. The van der Waals surface area contributed by atoms with E-state index in [1.807, 2.05) is 0 Å². The monoisotopic (exact) mass is 269 g/mol. The summed E-state index contributed by atoms with van der Waals surface area (Å²) in [5.74, 6) is -2.26. The predicted octanol–water partition coefficient (Wildman–Crippen LogP) is -2.09. The van der Waals surface area contributed by atoms with Gasteiger partial charge in [-0.25, -0.2) is 0 Å². The minimum absolute atomic E-state index is 0.781. The zero-order valence-electron chi connectivity index (χ0n) is 5.13. The molecule has 0 aromatic rings. The molecule has 2 atom stereocenters. The van der Waals surface area contributed by atoms with Crippen LogP contribution in [0.5, 0.6) is 0 Å². The van der Waals surface area contributed by atoms with E-state index in [9.17, 15) is 9.59 Å². The van der Waals surface area contributed by atoms with Gasteiger partial charge in [-0.2, -0.15) is 0 Å². The normalized spacial score (nSPS) is 26.3. The average molecular weight is 270 g/mol. The van der Waals surface area contributed by atoms with E-state index in [1.165, 1.54) is 0 Å². The van der Waals surface area contributed by atoms with Gasteiger partial charge in [0.15, 0.2) is 0 Å². The molecule has 0 aliphatic carbocycles. The van der Waals surface area contributed by atoms with Crippen LogP contribution in [0, 0.1) is 0 Å². The van der Waals surface area contributed by atoms with Gasteiger partial charge in [0, 0.05) is 0 Å². The summed E-state index contributed by atoms with van der Waals surface area (Å²) in [6, 6.07) is 0. The Morgan fingerprint density at radius 3 is 2.73 bits per heavy atom. The molecule has 1 aliphatic rings. The number of carbonyl (C=O) groups is 2. The van der Waals surface area contributed by atoms with E-state index >= 15 is 0 Å². The Balaban J connectivity index is 2.59. The molecular weight excluding hydrogens is 266 g/mol. The molecular formula is C4H4O6Sb. The first-order valence-corrected chi connectivity index (χ1v) is 4.69. The van der Waals surface area contributed by atoms with Crippen molar-refractivity contribution in [2.24, 2.45) is 0 Å². The van der Waals surface area contributed by atoms with Crippen molar-refractivity contribution in [3.63, 3.8) is 0 Å². The van der Waals surface area contributed by atoms with Crippen LogP contribution >= 0.6 is 0 Å². The Morgan fingerprint density at radius 2 is 2.36 bits per heavy atom. The van der Waals surface area contributed by atoms with E-state index in [1.54, 1.807) is 0 Å².